The van der Waals surface area contributed by atoms with Gasteiger partial charge in [-0.3, -0.25) is 0 Å². The van der Waals surface area contributed by atoms with Gasteiger partial charge < -0.3 is 0 Å². The molecule has 0 spiro atoms. The van der Waals surface area contributed by atoms with Crippen molar-refractivity contribution in [1.29, 1.82) is 0 Å². The summed E-state index contributed by atoms with van der Waals surface area (Å²) in [4.78, 5) is 0. The third-order valence-corrected chi connectivity index (χ3v) is 5.96. The van der Waals surface area contributed by atoms with E-state index in [1.807, 2.05) is 0 Å². The quantitative estimate of drug-likeness (QED) is 0.704. The summed E-state index contributed by atoms with van der Waals surface area (Å²) in [6.07, 6.45) is 4.66. The summed E-state index contributed by atoms with van der Waals surface area (Å²) in [6.45, 7) is 0. The zero-order valence-corrected chi connectivity index (χ0v) is 9.86. The highest BCUT2D eigenvalue weighted by Gasteiger charge is 2.38. The molecular weight excluding hydrogens is 220 g/mol. The van der Waals surface area contributed by atoms with E-state index >= 15 is 0 Å². The van der Waals surface area contributed by atoms with Crippen LogP contribution in [0.3, 0.4) is 0 Å². The molecule has 2 rings (SSSR count). The summed E-state index contributed by atoms with van der Waals surface area (Å²) in [7, 11) is -2.73. The largest absolute Gasteiger partial charge is 0.229 e. The highest BCUT2D eigenvalue weighted by Crippen LogP contribution is 2.41. The summed E-state index contributed by atoms with van der Waals surface area (Å²) in [5, 5.41) is 0. The predicted octanol–water partition coefficient (Wildman–Crippen LogP) is 2.08. The molecule has 0 amide bonds. The predicted molar refractivity (Wildman–Crippen MR) is 58.3 cm³/mol. The van der Waals surface area contributed by atoms with Crippen LogP contribution in [0.2, 0.25) is 0 Å². The van der Waals surface area contributed by atoms with Gasteiger partial charge in [-0.05, 0) is 24.2 Å². The van der Waals surface area contributed by atoms with Gasteiger partial charge in [-0.25, -0.2) is 8.42 Å². The van der Waals surface area contributed by atoms with Crippen molar-refractivity contribution in [2.45, 2.75) is 25.7 Å². The van der Waals surface area contributed by atoms with E-state index in [0.29, 0.717) is 35.1 Å². The van der Waals surface area contributed by atoms with Gasteiger partial charge in [0.05, 0.1) is 11.5 Å². The standard InChI is InChI=1S/C10H17ClO2S/c11-6-10(8-2-1-3-8)9-4-5-14(12,13)7-9/h8-10H,1-7H2. The molecule has 2 unspecified atom stereocenters. The van der Waals surface area contributed by atoms with Crippen molar-refractivity contribution >= 4 is 21.4 Å². The second-order valence-electron chi connectivity index (χ2n) is 4.67. The van der Waals surface area contributed by atoms with Gasteiger partial charge in [0, 0.05) is 5.88 Å². The Bertz CT molecular complexity index is 295. The molecule has 0 aromatic heterocycles. The van der Waals surface area contributed by atoms with Gasteiger partial charge in [0.2, 0.25) is 0 Å². The first-order valence-corrected chi connectivity index (χ1v) is 7.74. The molecule has 0 radical (unpaired) electrons. The van der Waals surface area contributed by atoms with Gasteiger partial charge in [-0.15, -0.1) is 11.6 Å². The maximum absolute atomic E-state index is 11.3. The van der Waals surface area contributed by atoms with Crippen LogP contribution < -0.4 is 0 Å². The third kappa shape index (κ3) is 2.08. The molecule has 1 saturated heterocycles. The van der Waals surface area contributed by atoms with Gasteiger partial charge in [-0.2, -0.15) is 0 Å². The smallest absolute Gasteiger partial charge is 0.150 e. The first-order valence-electron chi connectivity index (χ1n) is 5.39. The summed E-state index contributed by atoms with van der Waals surface area (Å²) in [6, 6.07) is 0. The van der Waals surface area contributed by atoms with Crippen molar-refractivity contribution < 1.29 is 8.42 Å². The molecule has 2 aliphatic rings. The van der Waals surface area contributed by atoms with E-state index in [9.17, 15) is 8.42 Å². The Hall–Kier alpha value is 0.240. The number of hydrogen-bond acceptors (Lipinski definition) is 2. The number of halogens is 1. The van der Waals surface area contributed by atoms with Gasteiger partial charge in [0.25, 0.3) is 0 Å². The average Bonchev–Trinajstić information content (AvgIpc) is 2.37. The zero-order chi connectivity index (χ0) is 10.2. The van der Waals surface area contributed by atoms with Crippen molar-refractivity contribution in [3.8, 4) is 0 Å². The first kappa shape index (κ1) is 10.7. The topological polar surface area (TPSA) is 34.1 Å². The lowest BCUT2D eigenvalue weighted by Crippen LogP contribution is -2.30. The van der Waals surface area contributed by atoms with Crippen LogP contribution in [0.4, 0.5) is 0 Å². The van der Waals surface area contributed by atoms with E-state index in [1.165, 1.54) is 19.3 Å². The highest BCUT2D eigenvalue weighted by molar-refractivity contribution is 7.91. The molecule has 2 atom stereocenters. The normalized spacial score (nSPS) is 33.9. The van der Waals surface area contributed by atoms with Crippen LogP contribution in [0.15, 0.2) is 0 Å². The maximum atomic E-state index is 11.3. The van der Waals surface area contributed by atoms with E-state index in [2.05, 4.69) is 0 Å². The summed E-state index contributed by atoms with van der Waals surface area (Å²) in [5.74, 6) is 2.94. The lowest BCUT2D eigenvalue weighted by Gasteiger charge is -2.35. The molecule has 1 saturated carbocycles. The second kappa shape index (κ2) is 4.01. The van der Waals surface area contributed by atoms with E-state index < -0.39 is 9.84 Å². The first-order chi connectivity index (χ1) is 6.62. The minimum absolute atomic E-state index is 0.350. The minimum atomic E-state index is -2.73. The fourth-order valence-corrected chi connectivity index (χ4v) is 5.06. The molecular formula is C10H17ClO2S. The molecule has 1 heterocycles. The number of hydrogen-bond donors (Lipinski definition) is 0. The van der Waals surface area contributed by atoms with Crippen molar-refractivity contribution in [3.05, 3.63) is 0 Å². The Morgan fingerprint density at radius 3 is 2.29 bits per heavy atom. The highest BCUT2D eigenvalue weighted by atomic mass is 35.5. The molecule has 2 nitrogen and oxygen atoms in total. The van der Waals surface area contributed by atoms with Gasteiger partial charge >= 0.3 is 0 Å². The fraction of sp³-hybridized carbons (Fsp3) is 1.00. The van der Waals surface area contributed by atoms with E-state index in [1.54, 1.807) is 0 Å². The molecule has 0 N–H and O–H groups in total. The Morgan fingerprint density at radius 1 is 1.21 bits per heavy atom. The summed E-state index contributed by atoms with van der Waals surface area (Å²) in [5.41, 5.74) is 0. The van der Waals surface area contributed by atoms with Gasteiger partial charge in [0.15, 0.2) is 9.84 Å². The Balaban J connectivity index is 1.99. The molecule has 0 bridgehead atoms. The molecule has 0 aromatic carbocycles. The number of alkyl halides is 1. The molecule has 2 fully saturated rings. The van der Waals surface area contributed by atoms with Gasteiger partial charge in [-0.1, -0.05) is 19.3 Å². The maximum Gasteiger partial charge on any atom is 0.150 e. The second-order valence-corrected chi connectivity index (χ2v) is 7.21. The Labute approximate surface area is 90.9 Å². The molecule has 4 heteroatoms. The molecule has 0 aromatic rings. The Kier molecular flexibility index (Phi) is 3.08. The molecule has 14 heavy (non-hydrogen) atoms. The van der Waals surface area contributed by atoms with Crippen LogP contribution in [0.5, 0.6) is 0 Å². The zero-order valence-electron chi connectivity index (χ0n) is 8.28. The number of sulfone groups is 1. The lowest BCUT2D eigenvalue weighted by molar-refractivity contribution is 0.173. The van der Waals surface area contributed by atoms with E-state index in [4.69, 9.17) is 11.6 Å². The lowest BCUT2D eigenvalue weighted by atomic mass is 9.71. The van der Waals surface area contributed by atoms with Crippen LogP contribution >= 0.6 is 11.6 Å². The van der Waals surface area contributed by atoms with Crippen molar-refractivity contribution in [1.82, 2.24) is 0 Å². The van der Waals surface area contributed by atoms with Crippen LogP contribution in [0.1, 0.15) is 25.7 Å². The SMILES string of the molecule is O=S1(=O)CCC(C(CCl)C2CCC2)C1. The number of rotatable bonds is 3. The minimum Gasteiger partial charge on any atom is -0.229 e. The average molecular weight is 237 g/mol. The van der Waals surface area contributed by atoms with E-state index in [-0.39, 0.29) is 0 Å². The van der Waals surface area contributed by atoms with Crippen molar-refractivity contribution in [3.63, 3.8) is 0 Å². The van der Waals surface area contributed by atoms with Crippen LogP contribution in [0.25, 0.3) is 0 Å². The van der Waals surface area contributed by atoms with Gasteiger partial charge in [0.1, 0.15) is 0 Å². The third-order valence-electron chi connectivity index (χ3n) is 3.81. The van der Waals surface area contributed by atoms with E-state index in [0.717, 1.165) is 6.42 Å². The van der Waals surface area contributed by atoms with Crippen LogP contribution in [0, 0.1) is 17.8 Å². The molecule has 82 valence electrons. The van der Waals surface area contributed by atoms with Crippen LogP contribution in [-0.4, -0.2) is 25.8 Å². The fourth-order valence-electron chi connectivity index (χ4n) is 2.67. The summed E-state index contributed by atoms with van der Waals surface area (Å²) < 4.78 is 22.7. The van der Waals surface area contributed by atoms with Crippen molar-refractivity contribution in [2.75, 3.05) is 17.4 Å². The van der Waals surface area contributed by atoms with Crippen LogP contribution in [-0.2, 0) is 9.84 Å². The molecule has 1 aliphatic carbocycles. The summed E-state index contributed by atoms with van der Waals surface area (Å²) >= 11 is 5.95. The Morgan fingerprint density at radius 2 is 1.93 bits per heavy atom. The monoisotopic (exact) mass is 236 g/mol. The van der Waals surface area contributed by atoms with Crippen molar-refractivity contribution in [2.24, 2.45) is 17.8 Å². The molecule has 1 aliphatic heterocycles.